The molecule has 10 heteroatoms. The van der Waals surface area contributed by atoms with Crippen molar-refractivity contribution in [3.63, 3.8) is 0 Å². The van der Waals surface area contributed by atoms with Gasteiger partial charge in [-0.15, -0.1) is 11.3 Å². The van der Waals surface area contributed by atoms with Gasteiger partial charge in [0.1, 0.15) is 15.7 Å². The molecule has 2 amide bonds. The lowest BCUT2D eigenvalue weighted by molar-refractivity contribution is 0.0664. The zero-order chi connectivity index (χ0) is 23.8. The van der Waals surface area contributed by atoms with Gasteiger partial charge >= 0.3 is 0 Å². The number of benzene rings is 2. The van der Waals surface area contributed by atoms with Crippen LogP contribution in [0.3, 0.4) is 0 Å². The number of rotatable bonds is 4. The summed E-state index contributed by atoms with van der Waals surface area (Å²) in [6, 6.07) is 11.5. The number of nitrogens with zero attached hydrogens (tertiary/aromatic N) is 4. The Hall–Kier alpha value is -3.21. The third-order valence-electron chi connectivity index (χ3n) is 5.74. The normalized spacial score (nSPS) is 14.5. The fraction of sp³-hybridized carbons (Fsp3) is 0.250. The van der Waals surface area contributed by atoms with Crippen LogP contribution in [-0.2, 0) is 0 Å². The third-order valence-corrected chi connectivity index (χ3v) is 7.88. The van der Waals surface area contributed by atoms with Crippen LogP contribution in [0.15, 0.2) is 42.5 Å². The zero-order valence-electron chi connectivity index (χ0n) is 18.7. The van der Waals surface area contributed by atoms with Crippen LogP contribution in [0.4, 0.5) is 9.52 Å². The summed E-state index contributed by atoms with van der Waals surface area (Å²) in [5.74, 6) is -0.599. The molecule has 3 heterocycles. The number of halogens is 1. The minimum Gasteiger partial charge on any atom is -0.336 e. The molecule has 1 N–H and O–H groups in total. The summed E-state index contributed by atoms with van der Waals surface area (Å²) in [6.45, 7) is 4.93. The highest BCUT2D eigenvalue weighted by Crippen LogP contribution is 2.31. The predicted octanol–water partition coefficient (Wildman–Crippen LogP) is 4.51. The molecule has 0 bridgehead atoms. The molecule has 2 aromatic heterocycles. The molecule has 34 heavy (non-hydrogen) atoms. The largest absolute Gasteiger partial charge is 0.336 e. The summed E-state index contributed by atoms with van der Waals surface area (Å²) in [4.78, 5) is 39.3. The second kappa shape index (κ2) is 9.21. The van der Waals surface area contributed by atoms with Crippen LogP contribution in [0.1, 0.15) is 25.7 Å². The molecular weight excluding hydrogens is 473 g/mol. The van der Waals surface area contributed by atoms with Gasteiger partial charge in [0.25, 0.3) is 11.8 Å². The number of aromatic nitrogens is 2. The van der Waals surface area contributed by atoms with Crippen LogP contribution in [-0.4, -0.2) is 64.8 Å². The number of thiazole rings is 2. The number of nitrogens with one attached hydrogen (secondary N) is 1. The van der Waals surface area contributed by atoms with E-state index in [2.05, 4.69) is 27.2 Å². The molecule has 1 aliphatic heterocycles. The number of aryl methyl sites for hydroxylation is 1. The fourth-order valence-corrected chi connectivity index (χ4v) is 5.65. The first-order valence-electron chi connectivity index (χ1n) is 10.8. The molecule has 0 spiro atoms. The first-order chi connectivity index (χ1) is 16.4. The highest BCUT2D eigenvalue weighted by Gasteiger charge is 2.22. The molecule has 7 nitrogen and oxygen atoms in total. The number of piperazine rings is 1. The van der Waals surface area contributed by atoms with Crippen molar-refractivity contribution < 1.29 is 14.0 Å². The molecule has 2 aromatic carbocycles. The van der Waals surface area contributed by atoms with Crippen molar-refractivity contribution in [1.29, 1.82) is 0 Å². The molecule has 5 rings (SSSR count). The van der Waals surface area contributed by atoms with Crippen molar-refractivity contribution in [3.8, 4) is 10.6 Å². The summed E-state index contributed by atoms with van der Waals surface area (Å²) in [5.41, 5.74) is 2.71. The average molecular weight is 496 g/mol. The maximum absolute atomic E-state index is 13.2. The van der Waals surface area contributed by atoms with Crippen molar-refractivity contribution in [1.82, 2.24) is 19.8 Å². The number of carbonyl (C=O) groups excluding carboxylic acids is 2. The molecule has 1 saturated heterocycles. The summed E-state index contributed by atoms with van der Waals surface area (Å²) in [5, 5.41) is 3.97. The Bertz CT molecular complexity index is 1370. The zero-order valence-corrected chi connectivity index (χ0v) is 20.3. The first kappa shape index (κ1) is 22.6. The Balaban J connectivity index is 1.33. The number of fused-ring (bicyclic) bond motifs is 1. The SMILES string of the molecule is Cc1nc(-c2ccc(F)cc2)sc1C(=O)Nc1nc2ccc(C(=O)N3CCN(C)CC3)cc2s1. The Morgan fingerprint density at radius 3 is 2.47 bits per heavy atom. The van der Waals surface area contributed by atoms with E-state index >= 15 is 0 Å². The molecule has 174 valence electrons. The topological polar surface area (TPSA) is 78.4 Å². The lowest BCUT2D eigenvalue weighted by atomic mass is 10.1. The fourth-order valence-electron chi connectivity index (χ4n) is 3.78. The second-order valence-electron chi connectivity index (χ2n) is 8.19. The van der Waals surface area contributed by atoms with E-state index < -0.39 is 0 Å². The van der Waals surface area contributed by atoms with Crippen LogP contribution >= 0.6 is 22.7 Å². The van der Waals surface area contributed by atoms with E-state index in [0.29, 0.717) is 39.4 Å². The van der Waals surface area contributed by atoms with Crippen molar-refractivity contribution in [2.75, 3.05) is 38.5 Å². The van der Waals surface area contributed by atoms with Crippen LogP contribution < -0.4 is 5.32 Å². The average Bonchev–Trinajstić information content (AvgIpc) is 3.41. The number of carbonyl (C=O) groups is 2. The molecule has 0 aliphatic carbocycles. The van der Waals surface area contributed by atoms with Gasteiger partial charge in [-0.3, -0.25) is 14.9 Å². The van der Waals surface area contributed by atoms with Gasteiger partial charge in [0, 0.05) is 37.3 Å². The lowest BCUT2D eigenvalue weighted by Gasteiger charge is -2.32. The van der Waals surface area contributed by atoms with Gasteiger partial charge in [-0.2, -0.15) is 0 Å². The van der Waals surface area contributed by atoms with Gasteiger partial charge in [-0.05, 0) is 56.4 Å². The van der Waals surface area contributed by atoms with E-state index in [1.165, 1.54) is 34.8 Å². The molecule has 4 aromatic rings. The Labute approximate surface area is 203 Å². The number of likely N-dealkylation sites (N-methyl/N-ethyl adjacent to an activating group) is 1. The standard InChI is InChI=1S/C24H22FN5O2S2/c1-14-20(34-22(26-14)15-3-6-17(25)7-4-15)21(31)28-24-27-18-8-5-16(13-19(18)33-24)23(32)30-11-9-29(2)10-12-30/h3-8,13H,9-12H2,1-2H3,(H,27,28,31). The van der Waals surface area contributed by atoms with E-state index in [4.69, 9.17) is 0 Å². The van der Waals surface area contributed by atoms with Crippen LogP contribution in [0, 0.1) is 12.7 Å². The second-order valence-corrected chi connectivity index (χ2v) is 10.2. The summed E-state index contributed by atoms with van der Waals surface area (Å²) in [6.07, 6.45) is 0. The van der Waals surface area contributed by atoms with Gasteiger partial charge in [0.05, 0.1) is 15.9 Å². The molecule has 0 unspecified atom stereocenters. The molecule has 0 saturated carbocycles. The van der Waals surface area contributed by atoms with Gasteiger partial charge in [0.15, 0.2) is 5.13 Å². The third kappa shape index (κ3) is 4.56. The number of hydrogen-bond acceptors (Lipinski definition) is 7. The minimum absolute atomic E-state index is 0.0163. The highest BCUT2D eigenvalue weighted by molar-refractivity contribution is 7.22. The Morgan fingerprint density at radius 1 is 1.00 bits per heavy atom. The van der Waals surface area contributed by atoms with Crippen molar-refractivity contribution in [2.24, 2.45) is 0 Å². The van der Waals surface area contributed by atoms with E-state index in [1.54, 1.807) is 25.1 Å². The van der Waals surface area contributed by atoms with E-state index in [-0.39, 0.29) is 17.6 Å². The molecule has 1 fully saturated rings. The van der Waals surface area contributed by atoms with Gasteiger partial charge in [-0.25, -0.2) is 14.4 Å². The van der Waals surface area contributed by atoms with Crippen molar-refractivity contribution in [3.05, 3.63) is 64.4 Å². The number of anilines is 1. The Morgan fingerprint density at radius 2 is 1.74 bits per heavy atom. The summed E-state index contributed by atoms with van der Waals surface area (Å²) < 4.78 is 14.0. The first-order valence-corrected chi connectivity index (χ1v) is 12.4. The summed E-state index contributed by atoms with van der Waals surface area (Å²) >= 11 is 2.58. The lowest BCUT2D eigenvalue weighted by Crippen LogP contribution is -2.47. The van der Waals surface area contributed by atoms with Gasteiger partial charge < -0.3 is 9.80 Å². The quantitative estimate of drug-likeness (QED) is 0.451. The van der Waals surface area contributed by atoms with Crippen molar-refractivity contribution in [2.45, 2.75) is 6.92 Å². The van der Waals surface area contributed by atoms with E-state index in [0.717, 1.165) is 28.9 Å². The molecule has 0 radical (unpaired) electrons. The Kier molecular flexibility index (Phi) is 6.11. The van der Waals surface area contributed by atoms with Crippen LogP contribution in [0.25, 0.3) is 20.8 Å². The van der Waals surface area contributed by atoms with Crippen LogP contribution in [0.5, 0.6) is 0 Å². The van der Waals surface area contributed by atoms with Gasteiger partial charge in [0.2, 0.25) is 0 Å². The van der Waals surface area contributed by atoms with E-state index in [1.807, 2.05) is 17.0 Å². The smallest absolute Gasteiger partial charge is 0.269 e. The molecular formula is C24H22FN5O2S2. The number of hydrogen-bond donors (Lipinski definition) is 1. The van der Waals surface area contributed by atoms with Crippen molar-refractivity contribution >= 4 is 49.8 Å². The monoisotopic (exact) mass is 495 g/mol. The molecule has 0 atom stereocenters. The molecule has 1 aliphatic rings. The summed E-state index contributed by atoms with van der Waals surface area (Å²) in [7, 11) is 2.05. The maximum Gasteiger partial charge on any atom is 0.269 e. The van der Waals surface area contributed by atoms with Crippen LogP contribution in [0.2, 0.25) is 0 Å². The highest BCUT2D eigenvalue weighted by atomic mass is 32.1. The van der Waals surface area contributed by atoms with E-state index in [9.17, 15) is 14.0 Å². The minimum atomic E-state index is -0.320. The maximum atomic E-state index is 13.2. The predicted molar refractivity (Wildman–Crippen MR) is 133 cm³/mol. The van der Waals surface area contributed by atoms with Gasteiger partial charge in [-0.1, -0.05) is 11.3 Å². The number of amides is 2.